The van der Waals surface area contributed by atoms with Crippen LogP contribution < -0.4 is 10.5 Å². The highest BCUT2D eigenvalue weighted by Gasteiger charge is 2.07. The number of nitrogens with two attached hydrogens (primary N) is 1. The van der Waals surface area contributed by atoms with Gasteiger partial charge in [0.15, 0.2) is 5.78 Å². The number of carbonyl (C=O) groups excluding carboxylic acids is 1. The van der Waals surface area contributed by atoms with Crippen molar-refractivity contribution in [3.05, 3.63) is 60.2 Å². The van der Waals surface area contributed by atoms with Gasteiger partial charge in [-0.1, -0.05) is 30.3 Å². The molecule has 2 rings (SSSR count). The summed E-state index contributed by atoms with van der Waals surface area (Å²) in [6.07, 6.45) is 0.107. The first-order valence-electron chi connectivity index (χ1n) is 6.24. The van der Waals surface area contributed by atoms with Crippen LogP contribution in [-0.2, 0) is 0 Å². The Balaban J connectivity index is 2.05. The molecule has 0 aliphatic carbocycles. The molecule has 20 heavy (non-hydrogen) atoms. The van der Waals surface area contributed by atoms with Crippen molar-refractivity contribution in [3.63, 3.8) is 0 Å². The predicted octanol–water partition coefficient (Wildman–Crippen LogP) is 2.96. The van der Waals surface area contributed by atoms with Crippen molar-refractivity contribution in [2.45, 2.75) is 6.42 Å². The van der Waals surface area contributed by atoms with Gasteiger partial charge >= 0.3 is 0 Å². The number of methoxy groups -OCH3 is 1. The Kier molecular flexibility index (Phi) is 4.50. The van der Waals surface area contributed by atoms with Gasteiger partial charge in [-0.2, -0.15) is 0 Å². The van der Waals surface area contributed by atoms with Crippen LogP contribution >= 0.6 is 0 Å². The highest BCUT2D eigenvalue weighted by atomic mass is 16.5. The summed E-state index contributed by atoms with van der Waals surface area (Å²) in [7, 11) is 1.60. The Morgan fingerprint density at radius 2 is 1.75 bits per heavy atom. The number of aliphatic imine (C=N–C) groups is 1. The zero-order valence-corrected chi connectivity index (χ0v) is 11.2. The summed E-state index contributed by atoms with van der Waals surface area (Å²) in [5.41, 5.74) is 7.15. The molecule has 0 unspecified atom stereocenters. The fourth-order valence-electron chi connectivity index (χ4n) is 1.75. The standard InChI is InChI=1S/C16H16N2O2/c1-20-14-9-7-13(8-10-14)18-16(17)11-15(19)12-5-3-2-4-6-12/h2-10H,11H2,1H3,(H2,17,18). The Morgan fingerprint density at radius 3 is 2.35 bits per heavy atom. The van der Waals surface area contributed by atoms with Crippen molar-refractivity contribution in [2.75, 3.05) is 7.11 Å². The summed E-state index contributed by atoms with van der Waals surface area (Å²) in [6.45, 7) is 0. The van der Waals surface area contributed by atoms with Gasteiger partial charge in [0.05, 0.1) is 19.2 Å². The third kappa shape index (κ3) is 3.68. The highest BCUT2D eigenvalue weighted by molar-refractivity contribution is 6.09. The average molecular weight is 268 g/mol. The van der Waals surface area contributed by atoms with Crippen LogP contribution in [0.3, 0.4) is 0 Å². The zero-order valence-electron chi connectivity index (χ0n) is 11.2. The van der Waals surface area contributed by atoms with Gasteiger partial charge < -0.3 is 10.5 Å². The van der Waals surface area contributed by atoms with Crippen molar-refractivity contribution in [1.82, 2.24) is 0 Å². The van der Waals surface area contributed by atoms with Crippen LogP contribution in [0.5, 0.6) is 5.75 Å². The van der Waals surface area contributed by atoms with E-state index in [9.17, 15) is 4.79 Å². The maximum absolute atomic E-state index is 12.0. The summed E-state index contributed by atoms with van der Waals surface area (Å²) in [5.74, 6) is 1.01. The fourth-order valence-corrected chi connectivity index (χ4v) is 1.75. The number of nitrogens with zero attached hydrogens (tertiary/aromatic N) is 1. The van der Waals surface area contributed by atoms with Gasteiger partial charge in [0.2, 0.25) is 0 Å². The number of hydrogen-bond acceptors (Lipinski definition) is 3. The van der Waals surface area contributed by atoms with Gasteiger partial charge in [0, 0.05) is 5.56 Å². The van der Waals surface area contributed by atoms with E-state index in [1.165, 1.54) is 0 Å². The minimum Gasteiger partial charge on any atom is -0.497 e. The van der Waals surface area contributed by atoms with Crippen LogP contribution in [0.4, 0.5) is 5.69 Å². The van der Waals surface area contributed by atoms with Gasteiger partial charge in [0.25, 0.3) is 0 Å². The third-order valence-electron chi connectivity index (χ3n) is 2.78. The van der Waals surface area contributed by atoms with E-state index >= 15 is 0 Å². The maximum atomic E-state index is 12.0. The van der Waals surface area contributed by atoms with Gasteiger partial charge in [-0.15, -0.1) is 0 Å². The summed E-state index contributed by atoms with van der Waals surface area (Å²) in [4.78, 5) is 16.2. The summed E-state index contributed by atoms with van der Waals surface area (Å²) >= 11 is 0. The normalized spacial score (nSPS) is 11.2. The molecular weight excluding hydrogens is 252 g/mol. The number of amidine groups is 1. The number of ether oxygens (including phenoxy) is 1. The Labute approximate surface area is 117 Å². The van der Waals surface area contributed by atoms with E-state index in [-0.39, 0.29) is 12.2 Å². The molecule has 2 aromatic carbocycles. The number of ketones is 1. The number of hydrogen-bond donors (Lipinski definition) is 1. The lowest BCUT2D eigenvalue weighted by atomic mass is 10.1. The van der Waals surface area contributed by atoms with Crippen molar-refractivity contribution in [2.24, 2.45) is 10.7 Å². The molecule has 0 fully saturated rings. The molecule has 0 heterocycles. The number of benzene rings is 2. The van der Waals surface area contributed by atoms with Crippen LogP contribution in [0.2, 0.25) is 0 Å². The van der Waals surface area contributed by atoms with E-state index in [0.717, 1.165) is 5.75 Å². The average Bonchev–Trinajstić information content (AvgIpc) is 2.49. The van der Waals surface area contributed by atoms with Crippen LogP contribution in [0.15, 0.2) is 59.6 Å². The molecular formula is C16H16N2O2. The van der Waals surface area contributed by atoms with Crippen molar-refractivity contribution in [3.8, 4) is 5.75 Å². The molecule has 0 spiro atoms. The maximum Gasteiger partial charge on any atom is 0.170 e. The second-order valence-electron chi connectivity index (χ2n) is 4.27. The van der Waals surface area contributed by atoms with E-state index < -0.39 is 0 Å². The molecule has 0 aromatic heterocycles. The van der Waals surface area contributed by atoms with Crippen LogP contribution in [-0.4, -0.2) is 18.7 Å². The van der Waals surface area contributed by atoms with Crippen LogP contribution in [0.1, 0.15) is 16.8 Å². The quantitative estimate of drug-likeness (QED) is 0.515. The van der Waals surface area contributed by atoms with E-state index in [1.54, 1.807) is 43.5 Å². The lowest BCUT2D eigenvalue weighted by molar-refractivity contribution is 0.100. The van der Waals surface area contributed by atoms with E-state index in [4.69, 9.17) is 10.5 Å². The van der Waals surface area contributed by atoms with E-state index in [0.29, 0.717) is 17.1 Å². The van der Waals surface area contributed by atoms with Gasteiger partial charge in [-0.3, -0.25) is 4.79 Å². The van der Waals surface area contributed by atoms with Crippen molar-refractivity contribution < 1.29 is 9.53 Å². The molecule has 0 aliphatic heterocycles. The summed E-state index contributed by atoms with van der Waals surface area (Å²) < 4.78 is 5.06. The second kappa shape index (κ2) is 6.52. The first-order valence-corrected chi connectivity index (χ1v) is 6.24. The van der Waals surface area contributed by atoms with E-state index in [2.05, 4.69) is 4.99 Å². The smallest absolute Gasteiger partial charge is 0.170 e. The van der Waals surface area contributed by atoms with E-state index in [1.807, 2.05) is 18.2 Å². The van der Waals surface area contributed by atoms with Gasteiger partial charge in [-0.25, -0.2) is 4.99 Å². The van der Waals surface area contributed by atoms with Gasteiger partial charge in [-0.05, 0) is 24.3 Å². The largest absolute Gasteiger partial charge is 0.497 e. The summed E-state index contributed by atoms with van der Waals surface area (Å²) in [5, 5.41) is 0. The molecule has 2 N–H and O–H groups in total. The molecule has 0 amide bonds. The van der Waals surface area contributed by atoms with Crippen molar-refractivity contribution in [1.29, 1.82) is 0 Å². The van der Waals surface area contributed by atoms with Crippen LogP contribution in [0.25, 0.3) is 0 Å². The minimum absolute atomic E-state index is 0.0413. The summed E-state index contributed by atoms with van der Waals surface area (Å²) in [6, 6.07) is 16.2. The third-order valence-corrected chi connectivity index (χ3v) is 2.78. The number of carbonyl (C=O) groups is 1. The minimum atomic E-state index is -0.0413. The first kappa shape index (κ1) is 13.8. The molecule has 0 radical (unpaired) electrons. The fraction of sp³-hybridized carbons (Fsp3) is 0.125. The molecule has 0 bridgehead atoms. The number of Topliss-reactive ketones (excluding diaryl/α,β-unsaturated/α-hetero) is 1. The molecule has 0 saturated heterocycles. The predicted molar refractivity (Wildman–Crippen MR) is 79.7 cm³/mol. The first-order chi connectivity index (χ1) is 9.69. The Morgan fingerprint density at radius 1 is 1.10 bits per heavy atom. The lowest BCUT2D eigenvalue weighted by Gasteiger charge is -2.02. The zero-order chi connectivity index (χ0) is 14.4. The van der Waals surface area contributed by atoms with Gasteiger partial charge in [0.1, 0.15) is 11.6 Å². The molecule has 4 nitrogen and oxygen atoms in total. The number of rotatable bonds is 5. The highest BCUT2D eigenvalue weighted by Crippen LogP contribution is 2.17. The molecule has 0 aliphatic rings. The SMILES string of the molecule is COc1ccc(N=C(N)CC(=O)c2ccccc2)cc1. The topological polar surface area (TPSA) is 64.7 Å². The second-order valence-corrected chi connectivity index (χ2v) is 4.27. The lowest BCUT2D eigenvalue weighted by Crippen LogP contribution is -2.16. The molecule has 2 aromatic rings. The Bertz CT molecular complexity index is 604. The molecule has 0 atom stereocenters. The molecule has 102 valence electrons. The molecule has 0 saturated carbocycles. The molecule has 4 heteroatoms. The monoisotopic (exact) mass is 268 g/mol. The van der Waals surface area contributed by atoms with Crippen LogP contribution in [0, 0.1) is 0 Å². The van der Waals surface area contributed by atoms with Crippen molar-refractivity contribution >= 4 is 17.3 Å². The Hall–Kier alpha value is -2.62.